The minimum Gasteiger partial charge on any atom is -0.459 e. The Morgan fingerprint density at radius 3 is 2.18 bits per heavy atom. The maximum Gasteiger partial charge on any atom is 0.326 e. The van der Waals surface area contributed by atoms with E-state index >= 15 is 0 Å². The molecule has 34 heavy (non-hydrogen) atoms. The van der Waals surface area contributed by atoms with Crippen molar-refractivity contribution < 1.29 is 28.3 Å². The molecule has 2 aromatic rings. The fourth-order valence-electron chi connectivity index (χ4n) is 3.61. The van der Waals surface area contributed by atoms with Gasteiger partial charge in [0.1, 0.15) is 6.54 Å². The largest absolute Gasteiger partial charge is 0.459 e. The zero-order chi connectivity index (χ0) is 24.9. The summed E-state index contributed by atoms with van der Waals surface area (Å²) in [6, 6.07) is 10.4. The van der Waals surface area contributed by atoms with Gasteiger partial charge < -0.3 is 24.3 Å². The van der Waals surface area contributed by atoms with Gasteiger partial charge in [0, 0.05) is 31.7 Å². The Balaban J connectivity index is 1.42. The summed E-state index contributed by atoms with van der Waals surface area (Å²) in [6.07, 6.45) is 0.441. The third-order valence-electron chi connectivity index (χ3n) is 5.67. The molecule has 9 nitrogen and oxygen atoms in total. The number of nitrogens with zero attached hydrogens (tertiary/aromatic N) is 2. The second-order valence-electron chi connectivity index (χ2n) is 9.24. The average Bonchev–Trinajstić information content (AvgIpc) is 3.36. The van der Waals surface area contributed by atoms with Crippen LogP contribution in [0.2, 0.25) is 0 Å². The zero-order valence-corrected chi connectivity index (χ0v) is 20.0. The van der Waals surface area contributed by atoms with Gasteiger partial charge in [-0.05, 0) is 42.2 Å². The van der Waals surface area contributed by atoms with E-state index in [1.165, 1.54) is 13.2 Å². The number of carbonyl (C=O) groups excluding carboxylic acids is 4. The second kappa shape index (κ2) is 10.5. The van der Waals surface area contributed by atoms with Crippen LogP contribution < -0.4 is 5.32 Å². The summed E-state index contributed by atoms with van der Waals surface area (Å²) in [5.41, 5.74) is 1.51. The highest BCUT2D eigenvalue weighted by Crippen LogP contribution is 2.22. The SMILES string of the molecule is CC(OC(=O)CNC(=O)c1ccc(C(C)(C)C)cc1)C(=O)N1CCN(C(=O)c2ccco2)CC1. The Morgan fingerprint density at radius 1 is 1.00 bits per heavy atom. The molecule has 1 atom stereocenters. The Bertz CT molecular complexity index is 1020. The third kappa shape index (κ3) is 6.24. The fourth-order valence-corrected chi connectivity index (χ4v) is 3.61. The number of amides is 3. The molecule has 1 saturated heterocycles. The van der Waals surface area contributed by atoms with Crippen LogP contribution in [0.3, 0.4) is 0 Å². The van der Waals surface area contributed by atoms with Gasteiger partial charge in [-0.1, -0.05) is 32.9 Å². The van der Waals surface area contributed by atoms with Crippen molar-refractivity contribution in [3.05, 3.63) is 59.5 Å². The van der Waals surface area contributed by atoms with E-state index < -0.39 is 18.0 Å². The number of hydrogen-bond acceptors (Lipinski definition) is 6. The van der Waals surface area contributed by atoms with Gasteiger partial charge in [-0.3, -0.25) is 19.2 Å². The molecule has 2 heterocycles. The van der Waals surface area contributed by atoms with Gasteiger partial charge >= 0.3 is 5.97 Å². The quantitative estimate of drug-likeness (QED) is 0.650. The lowest BCUT2D eigenvalue weighted by molar-refractivity contribution is -0.158. The summed E-state index contributed by atoms with van der Waals surface area (Å²) in [7, 11) is 0. The van der Waals surface area contributed by atoms with Crippen LogP contribution in [0.1, 0.15) is 54.2 Å². The maximum atomic E-state index is 12.7. The average molecular weight is 470 g/mol. The minimum absolute atomic E-state index is 0.0247. The van der Waals surface area contributed by atoms with Crippen LogP contribution in [0.5, 0.6) is 0 Å². The first-order valence-electron chi connectivity index (χ1n) is 11.3. The summed E-state index contributed by atoms with van der Waals surface area (Å²) in [5, 5.41) is 2.52. The molecule has 1 N–H and O–H groups in total. The van der Waals surface area contributed by atoms with Gasteiger partial charge in [0.05, 0.1) is 6.26 Å². The van der Waals surface area contributed by atoms with E-state index in [0.717, 1.165) is 5.56 Å². The van der Waals surface area contributed by atoms with Gasteiger partial charge in [-0.2, -0.15) is 0 Å². The molecule has 1 aliphatic rings. The van der Waals surface area contributed by atoms with Crippen LogP contribution in [-0.2, 0) is 19.7 Å². The van der Waals surface area contributed by atoms with Crippen molar-refractivity contribution in [1.82, 2.24) is 15.1 Å². The van der Waals surface area contributed by atoms with Crippen LogP contribution in [0.15, 0.2) is 47.1 Å². The molecule has 1 aromatic carbocycles. The van der Waals surface area contributed by atoms with Crippen LogP contribution in [0, 0.1) is 0 Å². The lowest BCUT2D eigenvalue weighted by Crippen LogP contribution is -2.53. The normalized spacial score (nSPS) is 14.9. The number of piperazine rings is 1. The number of carbonyl (C=O) groups is 4. The highest BCUT2D eigenvalue weighted by molar-refractivity contribution is 5.96. The van der Waals surface area contributed by atoms with Crippen molar-refractivity contribution >= 4 is 23.7 Å². The Labute approximate surface area is 199 Å². The molecule has 3 rings (SSSR count). The van der Waals surface area contributed by atoms with Crippen molar-refractivity contribution in [1.29, 1.82) is 0 Å². The van der Waals surface area contributed by atoms with Gasteiger partial charge in [-0.15, -0.1) is 0 Å². The van der Waals surface area contributed by atoms with E-state index in [2.05, 4.69) is 26.1 Å². The number of rotatable bonds is 6. The number of nitrogens with one attached hydrogen (secondary N) is 1. The molecule has 182 valence electrons. The van der Waals surface area contributed by atoms with Gasteiger partial charge in [0.25, 0.3) is 17.7 Å². The van der Waals surface area contributed by atoms with Crippen LogP contribution in [-0.4, -0.2) is 72.3 Å². The molecule has 0 radical (unpaired) electrons. The molecule has 0 aliphatic carbocycles. The molecule has 0 saturated carbocycles. The molecule has 0 bridgehead atoms. The lowest BCUT2D eigenvalue weighted by atomic mass is 9.87. The van der Waals surface area contributed by atoms with Crippen molar-refractivity contribution in [3.8, 4) is 0 Å². The maximum absolute atomic E-state index is 12.7. The summed E-state index contributed by atoms with van der Waals surface area (Å²) in [5.74, 6) is -1.40. The number of hydrogen-bond donors (Lipinski definition) is 1. The Morgan fingerprint density at radius 2 is 1.62 bits per heavy atom. The summed E-state index contributed by atoms with van der Waals surface area (Å²) >= 11 is 0. The molecule has 3 amide bonds. The Kier molecular flexibility index (Phi) is 7.75. The van der Waals surface area contributed by atoms with Crippen LogP contribution >= 0.6 is 0 Å². The predicted molar refractivity (Wildman–Crippen MR) is 124 cm³/mol. The predicted octanol–water partition coefficient (Wildman–Crippen LogP) is 2.22. The van der Waals surface area contributed by atoms with Gasteiger partial charge in [0.15, 0.2) is 11.9 Å². The number of benzene rings is 1. The minimum atomic E-state index is -0.997. The van der Waals surface area contributed by atoms with E-state index in [1.807, 2.05) is 12.1 Å². The second-order valence-corrected chi connectivity index (χ2v) is 9.24. The standard InChI is InChI=1S/C25H31N3O6/c1-17(23(31)27-11-13-28(14-12-27)24(32)20-6-5-15-33-20)34-21(29)16-26-22(30)18-7-9-19(10-8-18)25(2,3)4/h5-10,15,17H,11-14,16H2,1-4H3,(H,26,30). The van der Waals surface area contributed by atoms with Crippen LogP contribution in [0.4, 0.5) is 0 Å². The van der Waals surface area contributed by atoms with Crippen molar-refractivity contribution in [2.75, 3.05) is 32.7 Å². The molecule has 1 aromatic heterocycles. The first-order valence-corrected chi connectivity index (χ1v) is 11.3. The topological polar surface area (TPSA) is 109 Å². The number of ether oxygens (including phenoxy) is 1. The monoisotopic (exact) mass is 469 g/mol. The molecular formula is C25H31N3O6. The van der Waals surface area contributed by atoms with Crippen molar-refractivity contribution in [2.24, 2.45) is 0 Å². The smallest absolute Gasteiger partial charge is 0.326 e. The number of esters is 1. The molecule has 1 aliphatic heterocycles. The Hall–Kier alpha value is -3.62. The first-order chi connectivity index (χ1) is 16.1. The van der Waals surface area contributed by atoms with E-state index in [0.29, 0.717) is 31.7 Å². The third-order valence-corrected chi connectivity index (χ3v) is 5.67. The van der Waals surface area contributed by atoms with Crippen molar-refractivity contribution in [2.45, 2.75) is 39.2 Å². The highest BCUT2D eigenvalue weighted by Gasteiger charge is 2.29. The zero-order valence-electron chi connectivity index (χ0n) is 20.0. The van der Waals surface area contributed by atoms with E-state index in [-0.39, 0.29) is 29.5 Å². The van der Waals surface area contributed by atoms with Gasteiger partial charge in [0.2, 0.25) is 0 Å². The molecule has 1 unspecified atom stereocenters. The van der Waals surface area contributed by atoms with Crippen molar-refractivity contribution in [3.63, 3.8) is 0 Å². The molecule has 9 heteroatoms. The molecular weight excluding hydrogens is 438 g/mol. The van der Waals surface area contributed by atoms with Crippen LogP contribution in [0.25, 0.3) is 0 Å². The fraction of sp³-hybridized carbons (Fsp3) is 0.440. The van der Waals surface area contributed by atoms with Gasteiger partial charge in [-0.25, -0.2) is 0 Å². The summed E-state index contributed by atoms with van der Waals surface area (Å²) in [6.45, 7) is 8.77. The van der Waals surface area contributed by atoms with E-state index in [1.54, 1.807) is 34.1 Å². The molecule has 1 fully saturated rings. The molecule has 0 spiro atoms. The number of furan rings is 1. The lowest BCUT2D eigenvalue weighted by Gasteiger charge is -2.35. The van der Waals surface area contributed by atoms with E-state index in [9.17, 15) is 19.2 Å². The van der Waals surface area contributed by atoms with E-state index in [4.69, 9.17) is 9.15 Å². The summed E-state index contributed by atoms with van der Waals surface area (Å²) in [4.78, 5) is 52.6. The summed E-state index contributed by atoms with van der Waals surface area (Å²) < 4.78 is 10.3. The first kappa shape index (κ1) is 25.0. The highest BCUT2D eigenvalue weighted by atomic mass is 16.5.